The van der Waals surface area contributed by atoms with E-state index in [1.165, 1.54) is 0 Å². The zero-order valence-corrected chi connectivity index (χ0v) is 6.50. The van der Waals surface area contributed by atoms with Crippen molar-refractivity contribution in [1.29, 1.82) is 0 Å². The van der Waals surface area contributed by atoms with Crippen LogP contribution >= 0.6 is 0 Å². The number of rotatable bonds is 2. The van der Waals surface area contributed by atoms with Crippen molar-refractivity contribution >= 4 is 5.97 Å². The summed E-state index contributed by atoms with van der Waals surface area (Å²) < 4.78 is 25.4. The second-order valence-corrected chi connectivity index (χ2v) is 2.48. The van der Waals surface area contributed by atoms with Crippen LogP contribution in [0.15, 0.2) is 18.2 Å². The Morgan fingerprint density at radius 1 is 1.46 bits per heavy atom. The number of halogens is 2. The van der Waals surface area contributed by atoms with Gasteiger partial charge in [-0.3, -0.25) is 4.79 Å². The minimum absolute atomic E-state index is 0.354. The lowest BCUT2D eigenvalue weighted by molar-refractivity contribution is -0.138. The van der Waals surface area contributed by atoms with E-state index in [9.17, 15) is 13.6 Å². The fraction of sp³-hybridized carbons (Fsp3) is 0.125. The first-order chi connectivity index (χ1) is 6.02. The Labute approximate surface area is 72.8 Å². The molecule has 5 heteroatoms. The van der Waals surface area contributed by atoms with Crippen LogP contribution in [0, 0.1) is 11.6 Å². The van der Waals surface area contributed by atoms with Gasteiger partial charge >= 0.3 is 5.97 Å². The first-order valence-electron chi connectivity index (χ1n) is 3.45. The molecule has 0 spiro atoms. The quantitative estimate of drug-likeness (QED) is 0.727. The third-order valence-corrected chi connectivity index (χ3v) is 1.56. The normalized spacial score (nSPS) is 12.5. The Hall–Kier alpha value is -1.49. The zero-order valence-electron chi connectivity index (χ0n) is 6.50. The molecule has 1 unspecified atom stereocenters. The van der Waals surface area contributed by atoms with Gasteiger partial charge in [-0.05, 0) is 18.2 Å². The predicted octanol–water partition coefficient (Wildman–Crippen LogP) is 1.05. The van der Waals surface area contributed by atoms with E-state index in [0.717, 1.165) is 18.2 Å². The molecule has 1 rings (SSSR count). The highest BCUT2D eigenvalue weighted by molar-refractivity contribution is 5.75. The van der Waals surface area contributed by atoms with E-state index >= 15 is 0 Å². The Morgan fingerprint density at radius 3 is 2.62 bits per heavy atom. The maximum absolute atomic E-state index is 12.9. The number of carboxylic acids is 1. The van der Waals surface area contributed by atoms with E-state index in [-0.39, 0.29) is 5.56 Å². The van der Waals surface area contributed by atoms with Gasteiger partial charge in [-0.25, -0.2) is 8.78 Å². The largest absolute Gasteiger partial charge is 0.480 e. The second kappa shape index (κ2) is 3.49. The summed E-state index contributed by atoms with van der Waals surface area (Å²) >= 11 is 0. The highest BCUT2D eigenvalue weighted by Crippen LogP contribution is 2.16. The Morgan fingerprint density at radius 2 is 2.08 bits per heavy atom. The summed E-state index contributed by atoms with van der Waals surface area (Å²) in [5.41, 5.74) is 4.75. The van der Waals surface area contributed by atoms with E-state index in [0.29, 0.717) is 0 Å². The number of benzene rings is 1. The van der Waals surface area contributed by atoms with Crippen molar-refractivity contribution in [3.05, 3.63) is 35.4 Å². The monoisotopic (exact) mass is 187 g/mol. The van der Waals surface area contributed by atoms with Crippen LogP contribution in [-0.4, -0.2) is 11.1 Å². The van der Waals surface area contributed by atoms with Crippen molar-refractivity contribution in [3.8, 4) is 0 Å². The van der Waals surface area contributed by atoms with Gasteiger partial charge in [-0.1, -0.05) is 0 Å². The van der Waals surface area contributed by atoms with Gasteiger partial charge in [0.2, 0.25) is 0 Å². The van der Waals surface area contributed by atoms with Crippen LogP contribution in [-0.2, 0) is 4.79 Å². The van der Waals surface area contributed by atoms with Crippen molar-refractivity contribution < 1.29 is 18.7 Å². The summed E-state index contributed by atoms with van der Waals surface area (Å²) in [6.07, 6.45) is 0. The van der Waals surface area contributed by atoms with Crippen molar-refractivity contribution in [2.24, 2.45) is 5.73 Å². The Kier molecular flexibility index (Phi) is 2.57. The predicted molar refractivity (Wildman–Crippen MR) is 40.9 cm³/mol. The van der Waals surface area contributed by atoms with Crippen molar-refractivity contribution in [1.82, 2.24) is 0 Å². The summed E-state index contributed by atoms with van der Waals surface area (Å²) in [6.45, 7) is 0. The van der Waals surface area contributed by atoms with Gasteiger partial charge in [0.1, 0.15) is 17.7 Å². The van der Waals surface area contributed by atoms with Crippen LogP contribution < -0.4 is 5.73 Å². The lowest BCUT2D eigenvalue weighted by Gasteiger charge is -2.07. The molecule has 0 radical (unpaired) electrons. The highest BCUT2D eigenvalue weighted by atomic mass is 19.1. The molecule has 0 aliphatic heterocycles. The van der Waals surface area contributed by atoms with Gasteiger partial charge in [0.05, 0.1) is 0 Å². The van der Waals surface area contributed by atoms with Gasteiger partial charge in [-0.15, -0.1) is 0 Å². The number of aliphatic carboxylic acids is 1. The van der Waals surface area contributed by atoms with Crippen LogP contribution in [0.4, 0.5) is 8.78 Å². The Bertz CT molecular complexity index is 341. The van der Waals surface area contributed by atoms with Crippen LogP contribution in [0.3, 0.4) is 0 Å². The van der Waals surface area contributed by atoms with Gasteiger partial charge in [0.25, 0.3) is 0 Å². The minimum atomic E-state index is -1.53. The maximum atomic E-state index is 12.9. The second-order valence-electron chi connectivity index (χ2n) is 2.48. The molecule has 0 aromatic heterocycles. The standard InChI is InChI=1S/C8H7F2NO2/c9-4-1-2-6(10)5(3-4)7(11)8(12)13/h1-3,7H,11H2,(H,12,13). The molecule has 70 valence electrons. The smallest absolute Gasteiger partial charge is 0.325 e. The summed E-state index contributed by atoms with van der Waals surface area (Å²) in [6, 6.07) is 0.977. The molecule has 0 aliphatic carbocycles. The fourth-order valence-electron chi connectivity index (χ4n) is 0.886. The van der Waals surface area contributed by atoms with Gasteiger partial charge in [0, 0.05) is 5.56 Å². The molecule has 0 bridgehead atoms. The van der Waals surface area contributed by atoms with E-state index < -0.39 is 23.6 Å². The van der Waals surface area contributed by atoms with Crippen molar-refractivity contribution in [2.75, 3.05) is 0 Å². The summed E-state index contributed by atoms with van der Waals surface area (Å²) in [5.74, 6) is -2.94. The minimum Gasteiger partial charge on any atom is -0.480 e. The number of hydrogen-bond acceptors (Lipinski definition) is 2. The van der Waals surface area contributed by atoms with Crippen molar-refractivity contribution in [3.63, 3.8) is 0 Å². The molecule has 0 heterocycles. The van der Waals surface area contributed by atoms with Crippen LogP contribution in [0.25, 0.3) is 0 Å². The molecule has 0 saturated carbocycles. The van der Waals surface area contributed by atoms with Crippen LogP contribution in [0.1, 0.15) is 11.6 Å². The zero-order chi connectivity index (χ0) is 10.0. The molecule has 0 saturated heterocycles. The average Bonchev–Trinajstić information content (AvgIpc) is 2.08. The molecule has 1 atom stereocenters. The highest BCUT2D eigenvalue weighted by Gasteiger charge is 2.18. The lowest BCUT2D eigenvalue weighted by Crippen LogP contribution is -2.21. The number of carbonyl (C=O) groups is 1. The lowest BCUT2D eigenvalue weighted by atomic mass is 10.1. The molecule has 0 aliphatic rings. The van der Waals surface area contributed by atoms with Gasteiger partial charge < -0.3 is 10.8 Å². The molecule has 1 aromatic carbocycles. The van der Waals surface area contributed by atoms with E-state index in [4.69, 9.17) is 10.8 Å². The van der Waals surface area contributed by atoms with E-state index in [1.54, 1.807) is 0 Å². The van der Waals surface area contributed by atoms with Crippen molar-refractivity contribution in [2.45, 2.75) is 6.04 Å². The molecule has 0 fully saturated rings. The van der Waals surface area contributed by atoms with Crippen LogP contribution in [0.2, 0.25) is 0 Å². The Balaban J connectivity index is 3.12. The molecular weight excluding hydrogens is 180 g/mol. The summed E-state index contributed by atoms with van der Waals surface area (Å²) in [7, 11) is 0. The van der Waals surface area contributed by atoms with Crippen LogP contribution in [0.5, 0.6) is 0 Å². The average molecular weight is 187 g/mol. The number of nitrogens with two attached hydrogens (primary N) is 1. The summed E-state index contributed by atoms with van der Waals surface area (Å²) in [4.78, 5) is 10.3. The molecule has 3 N–H and O–H groups in total. The molecular formula is C8H7F2NO2. The fourth-order valence-corrected chi connectivity index (χ4v) is 0.886. The SMILES string of the molecule is NC(C(=O)O)c1cc(F)ccc1F. The van der Waals surface area contributed by atoms with E-state index in [1.807, 2.05) is 0 Å². The first-order valence-corrected chi connectivity index (χ1v) is 3.45. The third kappa shape index (κ3) is 2.00. The van der Waals surface area contributed by atoms with Gasteiger partial charge in [0.15, 0.2) is 0 Å². The maximum Gasteiger partial charge on any atom is 0.325 e. The number of hydrogen-bond donors (Lipinski definition) is 2. The molecule has 1 aromatic rings. The van der Waals surface area contributed by atoms with E-state index in [2.05, 4.69) is 0 Å². The topological polar surface area (TPSA) is 63.3 Å². The number of carboxylic acid groups (broad SMARTS) is 1. The molecule has 0 amide bonds. The molecule has 3 nitrogen and oxygen atoms in total. The van der Waals surface area contributed by atoms with Gasteiger partial charge in [-0.2, -0.15) is 0 Å². The first kappa shape index (κ1) is 9.60. The summed E-state index contributed by atoms with van der Waals surface area (Å²) in [5, 5.41) is 8.44. The third-order valence-electron chi connectivity index (χ3n) is 1.56. The molecule has 13 heavy (non-hydrogen) atoms.